The second kappa shape index (κ2) is 5.37. The standard InChI is InChI=1S/C12H20N4O2/c1-2-18-10(17)12(7-5-3-4-6-8-12)9-14-11(13)16-15-9/h2-8H2,1H3,(H3,13,14,15,16). The number of hydrogen-bond acceptors (Lipinski definition) is 5. The molecule has 6 heteroatoms. The first-order valence-electron chi connectivity index (χ1n) is 6.54. The van der Waals surface area contributed by atoms with Gasteiger partial charge in [0, 0.05) is 0 Å². The van der Waals surface area contributed by atoms with Crippen LogP contribution in [0.3, 0.4) is 0 Å². The fourth-order valence-electron chi connectivity index (χ4n) is 2.63. The van der Waals surface area contributed by atoms with E-state index in [4.69, 9.17) is 10.5 Å². The van der Waals surface area contributed by atoms with Crippen LogP contribution in [0.2, 0.25) is 0 Å². The Morgan fingerprint density at radius 2 is 2.06 bits per heavy atom. The van der Waals surface area contributed by atoms with Crippen LogP contribution in [0.4, 0.5) is 5.95 Å². The maximum Gasteiger partial charge on any atom is 0.319 e. The molecule has 6 nitrogen and oxygen atoms in total. The number of nitrogen functional groups attached to an aromatic ring is 1. The number of ether oxygens (including phenoxy) is 1. The molecule has 0 aliphatic heterocycles. The zero-order chi connectivity index (χ0) is 13.0. The minimum atomic E-state index is -0.683. The zero-order valence-corrected chi connectivity index (χ0v) is 10.7. The Bertz CT molecular complexity index is 408. The molecule has 100 valence electrons. The van der Waals surface area contributed by atoms with Gasteiger partial charge >= 0.3 is 5.97 Å². The molecule has 0 amide bonds. The van der Waals surface area contributed by atoms with Crippen LogP contribution >= 0.6 is 0 Å². The lowest BCUT2D eigenvalue weighted by Crippen LogP contribution is -2.38. The van der Waals surface area contributed by atoms with Gasteiger partial charge in [0.05, 0.1) is 6.61 Å². The molecule has 0 bridgehead atoms. The molecule has 18 heavy (non-hydrogen) atoms. The maximum atomic E-state index is 12.3. The van der Waals surface area contributed by atoms with Crippen molar-refractivity contribution in [2.45, 2.75) is 50.9 Å². The number of aromatic amines is 1. The number of H-pyrrole nitrogens is 1. The van der Waals surface area contributed by atoms with E-state index in [1.54, 1.807) is 0 Å². The second-order valence-electron chi connectivity index (χ2n) is 4.76. The van der Waals surface area contributed by atoms with Crippen LogP contribution in [0.15, 0.2) is 0 Å². The number of esters is 1. The van der Waals surface area contributed by atoms with E-state index in [1.165, 1.54) is 0 Å². The predicted molar refractivity (Wildman–Crippen MR) is 66.8 cm³/mol. The molecule has 1 aromatic heterocycles. The molecule has 0 saturated heterocycles. The fourth-order valence-corrected chi connectivity index (χ4v) is 2.63. The topological polar surface area (TPSA) is 93.9 Å². The Balaban J connectivity index is 2.34. The number of carbonyl (C=O) groups excluding carboxylic acids is 1. The third-order valence-electron chi connectivity index (χ3n) is 3.58. The smallest absolute Gasteiger partial charge is 0.319 e. The SMILES string of the molecule is CCOC(=O)C1(c2nc(N)n[nH]2)CCCCCC1. The summed E-state index contributed by atoms with van der Waals surface area (Å²) in [4.78, 5) is 16.5. The summed E-state index contributed by atoms with van der Waals surface area (Å²) in [6.45, 7) is 2.20. The van der Waals surface area contributed by atoms with Crippen molar-refractivity contribution < 1.29 is 9.53 Å². The minimum Gasteiger partial charge on any atom is -0.465 e. The van der Waals surface area contributed by atoms with Crippen LogP contribution in [-0.2, 0) is 14.9 Å². The average Bonchev–Trinajstić information content (AvgIpc) is 2.66. The maximum absolute atomic E-state index is 12.3. The number of anilines is 1. The molecule has 0 atom stereocenters. The Kier molecular flexibility index (Phi) is 3.84. The van der Waals surface area contributed by atoms with E-state index in [2.05, 4.69) is 15.2 Å². The molecule has 0 spiro atoms. The van der Waals surface area contributed by atoms with Gasteiger partial charge in [-0.3, -0.25) is 9.89 Å². The van der Waals surface area contributed by atoms with Crippen molar-refractivity contribution in [2.24, 2.45) is 0 Å². The monoisotopic (exact) mass is 252 g/mol. The molecule has 0 radical (unpaired) electrons. The average molecular weight is 252 g/mol. The van der Waals surface area contributed by atoms with Gasteiger partial charge in [-0.15, -0.1) is 5.10 Å². The second-order valence-corrected chi connectivity index (χ2v) is 4.76. The number of nitrogens with two attached hydrogens (primary N) is 1. The van der Waals surface area contributed by atoms with E-state index >= 15 is 0 Å². The summed E-state index contributed by atoms with van der Waals surface area (Å²) < 4.78 is 5.24. The Morgan fingerprint density at radius 3 is 2.56 bits per heavy atom. The molecular weight excluding hydrogens is 232 g/mol. The summed E-state index contributed by atoms with van der Waals surface area (Å²) >= 11 is 0. The first kappa shape index (κ1) is 12.9. The van der Waals surface area contributed by atoms with Crippen LogP contribution in [0, 0.1) is 0 Å². The van der Waals surface area contributed by atoms with Crippen molar-refractivity contribution in [1.29, 1.82) is 0 Å². The summed E-state index contributed by atoms with van der Waals surface area (Å²) in [7, 11) is 0. The van der Waals surface area contributed by atoms with Gasteiger partial charge in [-0.05, 0) is 19.8 Å². The van der Waals surface area contributed by atoms with E-state index in [9.17, 15) is 4.79 Å². The van der Waals surface area contributed by atoms with Gasteiger partial charge in [0.25, 0.3) is 0 Å². The summed E-state index contributed by atoms with van der Waals surface area (Å²) in [6, 6.07) is 0. The summed E-state index contributed by atoms with van der Waals surface area (Å²) in [5, 5.41) is 6.64. The van der Waals surface area contributed by atoms with E-state index in [1.807, 2.05) is 6.92 Å². The first-order valence-corrected chi connectivity index (χ1v) is 6.54. The van der Waals surface area contributed by atoms with Gasteiger partial charge in [-0.1, -0.05) is 25.7 Å². The molecule has 3 N–H and O–H groups in total. The third kappa shape index (κ3) is 2.32. The number of hydrogen-bond donors (Lipinski definition) is 2. The van der Waals surface area contributed by atoms with Gasteiger partial charge in [0.1, 0.15) is 11.2 Å². The quantitative estimate of drug-likeness (QED) is 0.628. The van der Waals surface area contributed by atoms with Crippen molar-refractivity contribution >= 4 is 11.9 Å². The third-order valence-corrected chi connectivity index (χ3v) is 3.58. The molecule has 1 heterocycles. The van der Waals surface area contributed by atoms with E-state index < -0.39 is 5.41 Å². The predicted octanol–water partition coefficient (Wildman–Crippen LogP) is 1.54. The molecule has 2 rings (SSSR count). The number of carbonyl (C=O) groups is 1. The number of nitrogens with zero attached hydrogens (tertiary/aromatic N) is 2. The van der Waals surface area contributed by atoms with Gasteiger partial charge in [-0.2, -0.15) is 4.98 Å². The Hall–Kier alpha value is -1.59. The van der Waals surface area contributed by atoms with Crippen molar-refractivity contribution in [3.8, 4) is 0 Å². The normalized spacial score (nSPS) is 19.2. The first-order chi connectivity index (χ1) is 8.69. The highest BCUT2D eigenvalue weighted by Gasteiger charge is 2.44. The largest absolute Gasteiger partial charge is 0.465 e. The van der Waals surface area contributed by atoms with Crippen LogP contribution in [0.1, 0.15) is 51.3 Å². The summed E-state index contributed by atoms with van der Waals surface area (Å²) in [6.07, 6.45) is 5.79. The molecule has 0 aromatic carbocycles. The Morgan fingerprint density at radius 1 is 1.39 bits per heavy atom. The molecular formula is C12H20N4O2. The van der Waals surface area contributed by atoms with Gasteiger partial charge in [-0.25, -0.2) is 0 Å². The Labute approximate surface area is 106 Å². The van der Waals surface area contributed by atoms with Crippen molar-refractivity contribution in [1.82, 2.24) is 15.2 Å². The number of rotatable bonds is 3. The molecule has 0 unspecified atom stereocenters. The van der Waals surface area contributed by atoms with Crippen LogP contribution in [0.25, 0.3) is 0 Å². The van der Waals surface area contributed by atoms with Crippen LogP contribution < -0.4 is 5.73 Å². The molecule has 1 saturated carbocycles. The highest BCUT2D eigenvalue weighted by Crippen LogP contribution is 2.38. The fraction of sp³-hybridized carbons (Fsp3) is 0.750. The molecule has 1 fully saturated rings. The van der Waals surface area contributed by atoms with Gasteiger partial charge < -0.3 is 10.5 Å². The molecule has 1 aromatic rings. The molecule has 1 aliphatic carbocycles. The summed E-state index contributed by atoms with van der Waals surface area (Å²) in [5.74, 6) is 0.529. The van der Waals surface area contributed by atoms with Crippen LogP contribution in [-0.4, -0.2) is 27.8 Å². The van der Waals surface area contributed by atoms with Gasteiger partial charge in [0.2, 0.25) is 5.95 Å². The lowest BCUT2D eigenvalue weighted by molar-refractivity contribution is -0.151. The summed E-state index contributed by atoms with van der Waals surface area (Å²) in [5.41, 5.74) is 4.87. The molecule has 1 aliphatic rings. The highest BCUT2D eigenvalue weighted by molar-refractivity contribution is 5.82. The lowest BCUT2D eigenvalue weighted by atomic mass is 9.79. The minimum absolute atomic E-state index is 0.179. The van der Waals surface area contributed by atoms with Crippen molar-refractivity contribution in [3.05, 3.63) is 5.82 Å². The van der Waals surface area contributed by atoms with E-state index in [0.29, 0.717) is 12.4 Å². The van der Waals surface area contributed by atoms with Gasteiger partial charge in [0.15, 0.2) is 0 Å². The number of nitrogens with one attached hydrogen (secondary N) is 1. The van der Waals surface area contributed by atoms with Crippen molar-refractivity contribution in [2.75, 3.05) is 12.3 Å². The number of aromatic nitrogens is 3. The van der Waals surface area contributed by atoms with E-state index in [0.717, 1.165) is 38.5 Å². The van der Waals surface area contributed by atoms with Crippen LogP contribution in [0.5, 0.6) is 0 Å². The highest BCUT2D eigenvalue weighted by atomic mass is 16.5. The van der Waals surface area contributed by atoms with Crippen molar-refractivity contribution in [3.63, 3.8) is 0 Å². The lowest BCUT2D eigenvalue weighted by Gasteiger charge is -2.27. The zero-order valence-electron chi connectivity index (χ0n) is 10.7. The van der Waals surface area contributed by atoms with E-state index in [-0.39, 0.29) is 11.9 Å².